The van der Waals surface area contributed by atoms with Crippen LogP contribution in [0.4, 0.5) is 0 Å². The molecule has 3 aromatic rings. The van der Waals surface area contributed by atoms with E-state index in [-0.39, 0.29) is 0 Å². The predicted molar refractivity (Wildman–Crippen MR) is 94.7 cm³/mol. The van der Waals surface area contributed by atoms with Crippen LogP contribution in [0.5, 0.6) is 0 Å². The monoisotopic (exact) mass is 320 g/mol. The van der Waals surface area contributed by atoms with Gasteiger partial charge < -0.3 is 4.84 Å². The molecule has 113 valence electrons. The van der Waals surface area contributed by atoms with Crippen LogP contribution in [0.15, 0.2) is 84.0 Å². The summed E-state index contributed by atoms with van der Waals surface area (Å²) in [6, 6.07) is 25.7. The summed E-state index contributed by atoms with van der Waals surface area (Å²) in [6.07, 6.45) is 2.83. The highest BCUT2D eigenvalue weighted by Gasteiger charge is 2.04. The van der Waals surface area contributed by atoms with Crippen LogP contribution in [0.2, 0.25) is 5.02 Å². The van der Waals surface area contributed by atoms with Gasteiger partial charge in [0.15, 0.2) is 0 Å². The summed E-state index contributed by atoms with van der Waals surface area (Å²) >= 11 is 5.92. The molecule has 1 radical (unpaired) electrons. The highest BCUT2D eigenvalue weighted by Crippen LogP contribution is 2.23. The van der Waals surface area contributed by atoms with E-state index in [0.717, 1.165) is 22.3 Å². The summed E-state index contributed by atoms with van der Waals surface area (Å²) < 4.78 is 0. The van der Waals surface area contributed by atoms with Crippen molar-refractivity contribution in [1.82, 2.24) is 0 Å². The topological polar surface area (TPSA) is 21.6 Å². The van der Waals surface area contributed by atoms with E-state index in [4.69, 9.17) is 16.4 Å². The lowest BCUT2D eigenvalue weighted by atomic mass is 10.0. The van der Waals surface area contributed by atoms with Crippen molar-refractivity contribution < 1.29 is 4.84 Å². The molecule has 0 bridgehead atoms. The maximum Gasteiger partial charge on any atom is 0.142 e. The second-order valence-electron chi connectivity index (χ2n) is 5.01. The molecule has 0 aliphatic heterocycles. The first-order valence-corrected chi connectivity index (χ1v) is 7.67. The smallest absolute Gasteiger partial charge is 0.142 e. The molecule has 0 aromatic heterocycles. The molecule has 0 spiro atoms. The van der Waals surface area contributed by atoms with Gasteiger partial charge in [0, 0.05) is 10.6 Å². The zero-order valence-corrected chi connectivity index (χ0v) is 13.2. The van der Waals surface area contributed by atoms with Crippen LogP contribution in [-0.4, -0.2) is 6.21 Å². The SMILES string of the molecule is Clc1cccc(/[C]=N/OCc2ccccc2-c2ccccc2)c1. The minimum atomic E-state index is 0.388. The van der Waals surface area contributed by atoms with Crippen molar-refractivity contribution >= 4 is 17.8 Å². The molecular formula is C20H15ClNO. The molecule has 3 heteroatoms. The van der Waals surface area contributed by atoms with E-state index in [9.17, 15) is 0 Å². The van der Waals surface area contributed by atoms with Gasteiger partial charge in [-0.15, -0.1) is 0 Å². The van der Waals surface area contributed by atoms with Gasteiger partial charge in [0.1, 0.15) is 12.8 Å². The van der Waals surface area contributed by atoms with Crippen molar-refractivity contribution in [3.05, 3.63) is 95.0 Å². The summed E-state index contributed by atoms with van der Waals surface area (Å²) in [7, 11) is 0. The van der Waals surface area contributed by atoms with E-state index in [2.05, 4.69) is 29.6 Å². The summed E-state index contributed by atoms with van der Waals surface area (Å²) in [5.41, 5.74) is 4.17. The minimum Gasteiger partial charge on any atom is -0.390 e. The van der Waals surface area contributed by atoms with Crippen LogP contribution in [-0.2, 0) is 11.4 Å². The van der Waals surface area contributed by atoms with Crippen molar-refractivity contribution in [3.63, 3.8) is 0 Å². The number of nitrogens with zero attached hydrogens (tertiary/aromatic N) is 1. The van der Waals surface area contributed by atoms with Crippen molar-refractivity contribution in [3.8, 4) is 11.1 Å². The van der Waals surface area contributed by atoms with Gasteiger partial charge in [-0.1, -0.05) is 83.5 Å². The molecule has 0 N–H and O–H groups in total. The third-order valence-corrected chi connectivity index (χ3v) is 3.62. The Labute approximate surface area is 141 Å². The van der Waals surface area contributed by atoms with E-state index in [1.807, 2.05) is 54.6 Å². The van der Waals surface area contributed by atoms with E-state index in [1.54, 1.807) is 6.07 Å². The Morgan fingerprint density at radius 3 is 2.48 bits per heavy atom. The number of hydrogen-bond donors (Lipinski definition) is 0. The molecule has 3 rings (SSSR count). The Balaban J connectivity index is 1.69. The molecule has 0 fully saturated rings. The van der Waals surface area contributed by atoms with Gasteiger partial charge in [-0.2, -0.15) is 0 Å². The molecular weight excluding hydrogens is 306 g/mol. The van der Waals surface area contributed by atoms with Crippen LogP contribution < -0.4 is 0 Å². The fourth-order valence-corrected chi connectivity index (χ4v) is 2.48. The normalized spacial score (nSPS) is 10.8. The molecule has 0 amide bonds. The van der Waals surface area contributed by atoms with E-state index in [1.165, 1.54) is 0 Å². The van der Waals surface area contributed by atoms with Crippen LogP contribution >= 0.6 is 11.6 Å². The summed E-state index contributed by atoms with van der Waals surface area (Å²) in [6.45, 7) is 0.388. The Morgan fingerprint density at radius 1 is 0.870 bits per heavy atom. The number of benzene rings is 3. The quantitative estimate of drug-likeness (QED) is 0.453. The molecule has 0 aliphatic rings. The van der Waals surface area contributed by atoms with Gasteiger partial charge in [0.05, 0.1) is 0 Å². The van der Waals surface area contributed by atoms with Gasteiger partial charge in [-0.3, -0.25) is 0 Å². The Hall–Kier alpha value is -2.58. The first-order chi connectivity index (χ1) is 11.3. The van der Waals surface area contributed by atoms with Crippen LogP contribution in [0, 0.1) is 0 Å². The number of rotatable bonds is 5. The highest BCUT2D eigenvalue weighted by atomic mass is 35.5. The van der Waals surface area contributed by atoms with Crippen LogP contribution in [0.1, 0.15) is 11.1 Å². The first-order valence-electron chi connectivity index (χ1n) is 7.30. The second kappa shape index (κ2) is 7.61. The molecule has 0 heterocycles. The summed E-state index contributed by atoms with van der Waals surface area (Å²) in [5, 5.41) is 4.56. The van der Waals surface area contributed by atoms with Gasteiger partial charge in [-0.05, 0) is 28.8 Å². The molecule has 0 aliphatic carbocycles. The van der Waals surface area contributed by atoms with E-state index in [0.29, 0.717) is 11.6 Å². The van der Waals surface area contributed by atoms with E-state index >= 15 is 0 Å². The van der Waals surface area contributed by atoms with Crippen molar-refractivity contribution in [2.75, 3.05) is 0 Å². The van der Waals surface area contributed by atoms with E-state index < -0.39 is 0 Å². The average molecular weight is 321 g/mol. The standard InChI is InChI=1S/C20H15ClNO/c21-19-11-6-7-16(13-19)14-22-23-15-18-10-4-5-12-20(18)17-8-2-1-3-9-17/h1-13H,15H2. The Bertz CT molecular complexity index is 800. The lowest BCUT2D eigenvalue weighted by molar-refractivity contribution is 0.132. The number of hydrogen-bond acceptors (Lipinski definition) is 2. The van der Waals surface area contributed by atoms with Crippen LogP contribution in [0.3, 0.4) is 0 Å². The second-order valence-corrected chi connectivity index (χ2v) is 5.45. The van der Waals surface area contributed by atoms with Crippen molar-refractivity contribution in [1.29, 1.82) is 0 Å². The molecule has 0 saturated carbocycles. The summed E-state index contributed by atoms with van der Waals surface area (Å²) in [5.74, 6) is 0. The lowest BCUT2D eigenvalue weighted by Crippen LogP contribution is -1.92. The fourth-order valence-electron chi connectivity index (χ4n) is 2.29. The highest BCUT2D eigenvalue weighted by molar-refractivity contribution is 6.30. The molecule has 0 atom stereocenters. The maximum atomic E-state index is 5.92. The third kappa shape index (κ3) is 4.21. The average Bonchev–Trinajstić information content (AvgIpc) is 2.60. The maximum absolute atomic E-state index is 5.92. The lowest BCUT2D eigenvalue weighted by Gasteiger charge is -2.08. The molecule has 3 aromatic carbocycles. The zero-order chi connectivity index (χ0) is 15.9. The third-order valence-electron chi connectivity index (χ3n) is 3.39. The molecule has 0 saturated heterocycles. The minimum absolute atomic E-state index is 0.388. The zero-order valence-electron chi connectivity index (χ0n) is 12.4. The van der Waals surface area contributed by atoms with Crippen molar-refractivity contribution in [2.24, 2.45) is 5.16 Å². The fraction of sp³-hybridized carbons (Fsp3) is 0.0500. The van der Waals surface area contributed by atoms with Gasteiger partial charge >= 0.3 is 0 Å². The van der Waals surface area contributed by atoms with Gasteiger partial charge in [-0.25, -0.2) is 0 Å². The predicted octanol–water partition coefficient (Wildman–Crippen LogP) is 5.43. The van der Waals surface area contributed by atoms with Crippen molar-refractivity contribution in [2.45, 2.75) is 6.61 Å². The molecule has 0 unspecified atom stereocenters. The first kappa shape index (κ1) is 15.3. The van der Waals surface area contributed by atoms with Crippen LogP contribution in [0.25, 0.3) is 11.1 Å². The Kier molecular flexibility index (Phi) is 5.07. The molecule has 23 heavy (non-hydrogen) atoms. The molecule has 2 nitrogen and oxygen atoms in total. The summed E-state index contributed by atoms with van der Waals surface area (Å²) in [4.78, 5) is 5.40. The van der Waals surface area contributed by atoms with Gasteiger partial charge in [0.2, 0.25) is 0 Å². The Morgan fingerprint density at radius 2 is 1.65 bits per heavy atom. The largest absolute Gasteiger partial charge is 0.390 e. The van der Waals surface area contributed by atoms with Gasteiger partial charge in [0.25, 0.3) is 0 Å². The number of halogens is 1.